The van der Waals surface area contributed by atoms with Gasteiger partial charge in [0, 0.05) is 19.1 Å². The monoisotopic (exact) mass is 501 g/mol. The highest BCUT2D eigenvalue weighted by Gasteiger charge is 2.31. The zero-order valence-corrected chi connectivity index (χ0v) is 22.6. The number of amides is 1. The van der Waals surface area contributed by atoms with Gasteiger partial charge in [0.15, 0.2) is 11.5 Å². The fraction of sp³-hybridized carbons (Fsp3) is 0.769. The van der Waals surface area contributed by atoms with Crippen molar-refractivity contribution in [1.82, 2.24) is 29.4 Å². The molecule has 0 saturated carbocycles. The van der Waals surface area contributed by atoms with Crippen molar-refractivity contribution in [1.29, 1.82) is 0 Å². The molecule has 0 aliphatic carbocycles. The standard InChI is InChI=1S/C26H43N7O3/c1-6-7-18(2)35-24-29-22(27)23-28-17-21(33(23)30-24)16-19-8-12-31(13-9-19)20-10-14-32(15-11-20)25(34)36-26(3,4)5/h17-20H,6-16H2,1-5H3,(H2,27,29,30)/t18-/m0/s1. The van der Waals surface area contributed by atoms with Gasteiger partial charge in [0.1, 0.15) is 5.60 Å². The van der Waals surface area contributed by atoms with Gasteiger partial charge in [0.2, 0.25) is 0 Å². The van der Waals surface area contributed by atoms with Crippen LogP contribution < -0.4 is 10.5 Å². The number of carbonyl (C=O) groups excluding carboxylic acids is 1. The van der Waals surface area contributed by atoms with Gasteiger partial charge in [-0.15, -0.1) is 5.10 Å². The zero-order chi connectivity index (χ0) is 25.9. The Bertz CT molecular complexity index is 1020. The summed E-state index contributed by atoms with van der Waals surface area (Å²) in [6.07, 6.45) is 8.90. The maximum absolute atomic E-state index is 12.4. The number of anilines is 1. The lowest BCUT2D eigenvalue weighted by Crippen LogP contribution is -2.49. The molecule has 0 spiro atoms. The van der Waals surface area contributed by atoms with Crippen LogP contribution in [0, 0.1) is 5.92 Å². The molecule has 4 rings (SSSR count). The van der Waals surface area contributed by atoms with Crippen LogP contribution >= 0.6 is 0 Å². The van der Waals surface area contributed by atoms with E-state index < -0.39 is 5.60 Å². The predicted molar refractivity (Wildman–Crippen MR) is 139 cm³/mol. The second kappa shape index (κ2) is 11.2. The first kappa shape index (κ1) is 26.4. The molecule has 2 fully saturated rings. The Kier molecular flexibility index (Phi) is 8.22. The van der Waals surface area contributed by atoms with E-state index in [1.807, 2.05) is 43.3 Å². The van der Waals surface area contributed by atoms with Crippen LogP contribution in [0.3, 0.4) is 0 Å². The molecule has 2 aliphatic heterocycles. The van der Waals surface area contributed by atoms with Gasteiger partial charge in [-0.25, -0.2) is 14.3 Å². The lowest BCUT2D eigenvalue weighted by atomic mass is 9.90. The molecule has 2 aliphatic rings. The second-order valence-electron chi connectivity index (χ2n) is 11.4. The molecule has 2 saturated heterocycles. The topological polar surface area (TPSA) is 111 Å². The minimum Gasteiger partial charge on any atom is -0.459 e. The molecule has 36 heavy (non-hydrogen) atoms. The van der Waals surface area contributed by atoms with Crippen molar-refractivity contribution >= 4 is 17.6 Å². The average Bonchev–Trinajstić information content (AvgIpc) is 3.22. The van der Waals surface area contributed by atoms with Gasteiger partial charge < -0.3 is 25.0 Å². The first-order valence-corrected chi connectivity index (χ1v) is 13.5. The largest absolute Gasteiger partial charge is 0.459 e. The predicted octanol–water partition coefficient (Wildman–Crippen LogP) is 3.93. The molecule has 4 heterocycles. The summed E-state index contributed by atoms with van der Waals surface area (Å²) >= 11 is 0. The summed E-state index contributed by atoms with van der Waals surface area (Å²) in [4.78, 5) is 25.6. The van der Waals surface area contributed by atoms with Crippen molar-refractivity contribution in [2.75, 3.05) is 31.9 Å². The fourth-order valence-corrected chi connectivity index (χ4v) is 5.32. The van der Waals surface area contributed by atoms with Crippen LogP contribution in [0.25, 0.3) is 5.65 Å². The highest BCUT2D eigenvalue weighted by molar-refractivity contribution is 5.68. The third-order valence-corrected chi connectivity index (χ3v) is 7.22. The number of fused-ring (bicyclic) bond motifs is 1. The van der Waals surface area contributed by atoms with E-state index in [4.69, 9.17) is 15.2 Å². The maximum Gasteiger partial charge on any atom is 0.410 e. The Morgan fingerprint density at radius 3 is 2.50 bits per heavy atom. The molecule has 0 radical (unpaired) electrons. The van der Waals surface area contributed by atoms with Gasteiger partial charge in [-0.05, 0) is 85.2 Å². The van der Waals surface area contributed by atoms with Crippen LogP contribution in [-0.4, -0.2) is 79.4 Å². The zero-order valence-electron chi connectivity index (χ0n) is 22.6. The first-order valence-electron chi connectivity index (χ1n) is 13.5. The summed E-state index contributed by atoms with van der Waals surface area (Å²) in [5.74, 6) is 0.921. The molecule has 2 N–H and O–H groups in total. The molecule has 1 atom stereocenters. The van der Waals surface area contributed by atoms with Crippen LogP contribution in [0.4, 0.5) is 10.6 Å². The summed E-state index contributed by atoms with van der Waals surface area (Å²) in [5, 5.41) is 4.60. The number of hydrogen-bond donors (Lipinski definition) is 1. The molecule has 2 aromatic heterocycles. The SMILES string of the molecule is CCC[C@H](C)Oc1nc(N)c2ncc(CC3CCN(C4CCN(C(=O)OC(C)(C)C)CC4)CC3)n2n1. The van der Waals surface area contributed by atoms with Crippen LogP contribution in [0.1, 0.15) is 78.8 Å². The number of nitrogens with two attached hydrogens (primary N) is 1. The van der Waals surface area contributed by atoms with Crippen LogP contribution in [0.5, 0.6) is 6.01 Å². The lowest BCUT2D eigenvalue weighted by molar-refractivity contribution is 0.0118. The second-order valence-corrected chi connectivity index (χ2v) is 11.4. The minimum absolute atomic E-state index is 0.0409. The molecular formula is C26H43N7O3. The van der Waals surface area contributed by atoms with Gasteiger partial charge >= 0.3 is 12.1 Å². The minimum atomic E-state index is -0.448. The Morgan fingerprint density at radius 2 is 1.86 bits per heavy atom. The smallest absolute Gasteiger partial charge is 0.410 e. The van der Waals surface area contributed by atoms with Gasteiger partial charge in [-0.1, -0.05) is 13.3 Å². The van der Waals surface area contributed by atoms with E-state index in [1.54, 1.807) is 0 Å². The first-order chi connectivity index (χ1) is 17.1. The molecule has 0 aromatic carbocycles. The van der Waals surface area contributed by atoms with Gasteiger partial charge in [0.05, 0.1) is 18.0 Å². The Labute approximate surface area is 214 Å². The van der Waals surface area contributed by atoms with Crippen molar-refractivity contribution in [2.45, 2.75) is 97.3 Å². The number of carbonyl (C=O) groups is 1. The van der Waals surface area contributed by atoms with Gasteiger partial charge in [-0.3, -0.25) is 0 Å². The number of hydrogen-bond acceptors (Lipinski definition) is 8. The summed E-state index contributed by atoms with van der Waals surface area (Å²) in [6.45, 7) is 13.6. The number of imidazole rings is 1. The van der Waals surface area contributed by atoms with Crippen molar-refractivity contribution in [3.8, 4) is 6.01 Å². The summed E-state index contributed by atoms with van der Waals surface area (Å²) in [5.41, 5.74) is 7.36. The number of nitrogen functional groups attached to an aromatic ring is 1. The maximum atomic E-state index is 12.4. The van der Waals surface area contributed by atoms with E-state index in [-0.39, 0.29) is 12.2 Å². The lowest BCUT2D eigenvalue weighted by Gasteiger charge is -2.41. The molecule has 200 valence electrons. The number of piperidine rings is 2. The van der Waals surface area contributed by atoms with E-state index in [2.05, 4.69) is 26.9 Å². The van der Waals surface area contributed by atoms with E-state index >= 15 is 0 Å². The summed E-state index contributed by atoms with van der Waals surface area (Å²) in [6, 6.07) is 0.852. The quantitative estimate of drug-likeness (QED) is 0.608. The van der Waals surface area contributed by atoms with Crippen LogP contribution in [0.15, 0.2) is 6.20 Å². The number of nitrogens with zero attached hydrogens (tertiary/aromatic N) is 6. The Balaban J connectivity index is 1.29. The van der Waals surface area contributed by atoms with E-state index in [0.717, 1.165) is 76.8 Å². The van der Waals surface area contributed by atoms with Crippen molar-refractivity contribution in [3.63, 3.8) is 0 Å². The van der Waals surface area contributed by atoms with Crippen molar-refractivity contribution in [3.05, 3.63) is 11.9 Å². The number of aromatic nitrogens is 4. The third-order valence-electron chi connectivity index (χ3n) is 7.22. The third kappa shape index (κ3) is 6.57. The number of rotatable bonds is 7. The Hall–Kier alpha value is -2.62. The Morgan fingerprint density at radius 1 is 1.17 bits per heavy atom. The molecule has 0 bridgehead atoms. The highest BCUT2D eigenvalue weighted by atomic mass is 16.6. The molecule has 1 amide bonds. The number of ether oxygens (including phenoxy) is 2. The van der Waals surface area contributed by atoms with Crippen molar-refractivity contribution in [2.24, 2.45) is 5.92 Å². The highest BCUT2D eigenvalue weighted by Crippen LogP contribution is 2.27. The molecule has 10 heteroatoms. The van der Waals surface area contributed by atoms with Gasteiger partial charge in [0.25, 0.3) is 0 Å². The molecule has 2 aromatic rings. The van der Waals surface area contributed by atoms with Crippen LogP contribution in [-0.2, 0) is 11.2 Å². The summed E-state index contributed by atoms with van der Waals surface area (Å²) < 4.78 is 13.2. The average molecular weight is 502 g/mol. The molecule has 10 nitrogen and oxygen atoms in total. The fourth-order valence-electron chi connectivity index (χ4n) is 5.32. The van der Waals surface area contributed by atoms with Gasteiger partial charge in [-0.2, -0.15) is 4.98 Å². The summed E-state index contributed by atoms with van der Waals surface area (Å²) in [7, 11) is 0. The molecule has 0 unspecified atom stereocenters. The van der Waals surface area contributed by atoms with E-state index in [0.29, 0.717) is 29.4 Å². The number of likely N-dealkylation sites (tertiary alicyclic amines) is 2. The van der Waals surface area contributed by atoms with Crippen LogP contribution in [0.2, 0.25) is 0 Å². The normalized spacial score (nSPS) is 19.5. The van der Waals surface area contributed by atoms with E-state index in [9.17, 15) is 4.79 Å². The van der Waals surface area contributed by atoms with Crippen molar-refractivity contribution < 1.29 is 14.3 Å². The van der Waals surface area contributed by atoms with E-state index in [1.165, 1.54) is 0 Å². The molecular weight excluding hydrogens is 458 g/mol.